The van der Waals surface area contributed by atoms with E-state index in [9.17, 15) is 0 Å². The molecule has 0 unspecified atom stereocenters. The molecule has 0 bridgehead atoms. The van der Waals surface area contributed by atoms with Crippen LogP contribution in [0.15, 0.2) is 0 Å². The predicted octanol–water partition coefficient (Wildman–Crippen LogP) is -1.71. The molecule has 10 heteroatoms. The zero-order valence-corrected chi connectivity index (χ0v) is 17.7. The molecule has 4 nitrogen and oxygen atoms in total. The Labute approximate surface area is 224 Å². The van der Waals surface area contributed by atoms with Crippen LogP contribution >= 0.6 is 7.82 Å². The van der Waals surface area contributed by atoms with Crippen LogP contribution in [0.1, 0.15) is 14.3 Å². The van der Waals surface area contributed by atoms with Crippen LogP contribution in [0.4, 0.5) is 0 Å². The fourth-order valence-electron chi connectivity index (χ4n) is 0. The van der Waals surface area contributed by atoms with Gasteiger partial charge in [0.05, 0.1) is 0 Å². The van der Waals surface area contributed by atoms with Crippen LogP contribution < -0.4 is 0 Å². The third-order valence-electron chi connectivity index (χ3n) is 0. The average Bonchev–Trinajstić information content (AvgIpc) is 0.722. The third-order valence-corrected chi connectivity index (χ3v) is 0. The smallest absolute Gasteiger partial charge is 1.00 e. The topological polar surface area (TPSA) is 77.8 Å². The summed E-state index contributed by atoms with van der Waals surface area (Å²) >= 11 is 0. The molecule has 0 heterocycles. The van der Waals surface area contributed by atoms with E-state index in [0.717, 1.165) is 0 Å². The largest absolute Gasteiger partial charge is 2.00 e. The SMILES string of the molecule is O=P(O)(O)O.[Ca+2].[Ca+2].[Ca+2].[Ca+2].[Ca+2].[H-].[H-].[H-].[H-].[H-].[H-].[H-].[H-].[H-].[H-]. The van der Waals surface area contributed by atoms with Crippen molar-refractivity contribution in [2.24, 2.45) is 0 Å². The number of phosphoric acid groups is 1. The fraction of sp³-hybridized carbons (Fsp3) is 0. The van der Waals surface area contributed by atoms with Gasteiger partial charge in [0.1, 0.15) is 0 Å². The van der Waals surface area contributed by atoms with Crippen molar-refractivity contribution >= 4 is 197 Å². The standard InChI is InChI=1S/5Ca.H3O4P.10H/c;;;;;1-5(2,3)4;;;;;;;;;;/h;;;;;(H3,1,2,3,4);;;;;;;;;;/q5*+2;;10*-1. The second-order valence-electron chi connectivity index (χ2n) is 0.513. The van der Waals surface area contributed by atoms with E-state index in [1.807, 2.05) is 0 Å². The molecule has 0 aliphatic rings. The van der Waals surface area contributed by atoms with Crippen LogP contribution in [0.3, 0.4) is 0 Å². The first-order chi connectivity index (χ1) is 2.00. The monoisotopic (exact) mass is 308 g/mol. The van der Waals surface area contributed by atoms with E-state index in [1.54, 1.807) is 0 Å². The van der Waals surface area contributed by atoms with Gasteiger partial charge in [-0.3, -0.25) is 0 Å². The molecule has 3 N–H and O–H groups in total. The minimum Gasteiger partial charge on any atom is -1.00 e. The van der Waals surface area contributed by atoms with E-state index < -0.39 is 7.82 Å². The summed E-state index contributed by atoms with van der Waals surface area (Å²) in [4.78, 5) is 21.6. The predicted molar refractivity (Wildman–Crippen MR) is 54.2 cm³/mol. The Balaban J connectivity index is -0.000000000762. The van der Waals surface area contributed by atoms with Crippen molar-refractivity contribution in [2.75, 3.05) is 0 Å². The van der Waals surface area contributed by atoms with Gasteiger partial charge in [0.2, 0.25) is 0 Å². The van der Waals surface area contributed by atoms with Crippen molar-refractivity contribution < 1.29 is 33.5 Å². The normalized spacial score (nSPS) is 5.90. The molecular formula is H13Ca5O4P. The molecule has 10 heavy (non-hydrogen) atoms. The van der Waals surface area contributed by atoms with Crippen molar-refractivity contribution in [2.45, 2.75) is 0 Å². The van der Waals surface area contributed by atoms with Gasteiger partial charge in [-0.05, 0) is 0 Å². The maximum absolute atomic E-state index is 8.88. The number of rotatable bonds is 0. The molecular weight excluding hydrogens is 295 g/mol. The van der Waals surface area contributed by atoms with Gasteiger partial charge < -0.3 is 28.9 Å². The fourth-order valence-corrected chi connectivity index (χ4v) is 0. The van der Waals surface area contributed by atoms with Crippen LogP contribution in [0, 0.1) is 0 Å². The van der Waals surface area contributed by atoms with E-state index in [1.165, 1.54) is 0 Å². The summed E-state index contributed by atoms with van der Waals surface area (Å²) in [5.74, 6) is 0. The molecule has 0 aromatic rings. The van der Waals surface area contributed by atoms with E-state index in [2.05, 4.69) is 0 Å². The van der Waals surface area contributed by atoms with E-state index >= 15 is 0 Å². The Hall–Kier alpha value is 6.41. The zero-order chi connectivity index (χ0) is 4.50. The number of hydrogen-bond acceptors (Lipinski definition) is 1. The molecule has 0 amide bonds. The van der Waals surface area contributed by atoms with Gasteiger partial charge in [0, 0.05) is 0 Å². The molecule has 0 spiro atoms. The molecule has 0 aromatic heterocycles. The Morgan fingerprint density at radius 3 is 0.800 bits per heavy atom. The van der Waals surface area contributed by atoms with Crippen molar-refractivity contribution in [1.29, 1.82) is 0 Å². The molecule has 0 rings (SSSR count). The molecule has 0 radical (unpaired) electrons. The van der Waals surface area contributed by atoms with Gasteiger partial charge in [-0.15, -0.1) is 0 Å². The van der Waals surface area contributed by atoms with Gasteiger partial charge in [0.25, 0.3) is 0 Å². The first kappa shape index (κ1) is 36.0. The second kappa shape index (κ2) is 20.8. The molecule has 0 aliphatic carbocycles. The molecule has 0 saturated heterocycles. The summed E-state index contributed by atoms with van der Waals surface area (Å²) in [6.45, 7) is 0. The molecule has 0 atom stereocenters. The van der Waals surface area contributed by atoms with Crippen molar-refractivity contribution in [3.8, 4) is 0 Å². The zero-order valence-electron chi connectivity index (χ0n) is 15.7. The first-order valence-corrected chi connectivity index (χ1v) is 2.35. The molecule has 0 fully saturated rings. The average molecular weight is 308 g/mol. The first-order valence-electron chi connectivity index (χ1n) is 0.783. The van der Waals surface area contributed by atoms with Crippen molar-refractivity contribution in [3.63, 3.8) is 0 Å². The van der Waals surface area contributed by atoms with E-state index in [-0.39, 0.29) is 203 Å². The van der Waals surface area contributed by atoms with Gasteiger partial charge in [-0.1, -0.05) is 0 Å². The molecule has 52 valence electrons. The maximum Gasteiger partial charge on any atom is 2.00 e. The minimum absolute atomic E-state index is 0. The Morgan fingerprint density at radius 1 is 0.800 bits per heavy atom. The Morgan fingerprint density at radius 2 is 0.800 bits per heavy atom. The van der Waals surface area contributed by atoms with E-state index in [4.69, 9.17) is 19.2 Å². The minimum atomic E-state index is -4.64. The van der Waals surface area contributed by atoms with Crippen LogP contribution in [-0.2, 0) is 4.57 Å². The van der Waals surface area contributed by atoms with Gasteiger partial charge in [0.15, 0.2) is 0 Å². The van der Waals surface area contributed by atoms with Crippen LogP contribution in [-0.4, -0.2) is 203 Å². The number of hydrogen-bond donors (Lipinski definition) is 3. The maximum atomic E-state index is 8.88. The summed E-state index contributed by atoms with van der Waals surface area (Å²) in [5, 5.41) is 0. The summed E-state index contributed by atoms with van der Waals surface area (Å²) < 4.78 is 8.88. The summed E-state index contributed by atoms with van der Waals surface area (Å²) in [6.07, 6.45) is 0. The van der Waals surface area contributed by atoms with Crippen LogP contribution in [0.2, 0.25) is 0 Å². The third kappa shape index (κ3) is 63.1. The second-order valence-corrected chi connectivity index (χ2v) is 1.54. The molecule has 0 saturated carbocycles. The summed E-state index contributed by atoms with van der Waals surface area (Å²) in [7, 11) is -4.64. The summed E-state index contributed by atoms with van der Waals surface area (Å²) in [6, 6.07) is 0. The Bertz CT molecular complexity index is 79.8. The van der Waals surface area contributed by atoms with Gasteiger partial charge >= 0.3 is 197 Å². The van der Waals surface area contributed by atoms with Crippen molar-refractivity contribution in [3.05, 3.63) is 0 Å². The van der Waals surface area contributed by atoms with Gasteiger partial charge in [-0.2, -0.15) is 0 Å². The molecule has 0 aromatic carbocycles. The van der Waals surface area contributed by atoms with Crippen LogP contribution in [0.5, 0.6) is 0 Å². The van der Waals surface area contributed by atoms with Gasteiger partial charge in [-0.25, -0.2) is 4.57 Å². The Kier molecular flexibility index (Phi) is 74.7. The van der Waals surface area contributed by atoms with Crippen molar-refractivity contribution in [1.82, 2.24) is 0 Å². The van der Waals surface area contributed by atoms with E-state index in [0.29, 0.717) is 0 Å². The summed E-state index contributed by atoms with van der Waals surface area (Å²) in [5.41, 5.74) is 0. The van der Waals surface area contributed by atoms with Crippen LogP contribution in [0.25, 0.3) is 0 Å². The molecule has 0 aliphatic heterocycles. The quantitative estimate of drug-likeness (QED) is 0.368.